The Morgan fingerprint density at radius 3 is 2.36 bits per heavy atom. The van der Waals surface area contributed by atoms with E-state index in [1.807, 2.05) is 30.3 Å². The summed E-state index contributed by atoms with van der Waals surface area (Å²) in [5.41, 5.74) is 1.10. The molecule has 0 amide bonds. The zero-order valence-corrected chi connectivity index (χ0v) is 8.44. The van der Waals surface area contributed by atoms with E-state index in [2.05, 4.69) is 13.8 Å². The normalized spacial score (nSPS) is 25.8. The number of rotatable bonds is 2. The van der Waals surface area contributed by atoms with Gasteiger partial charge in [-0.25, -0.2) is 0 Å². The number of carbonyl (C=O) groups excluding carboxylic acids is 1. The lowest BCUT2D eigenvalue weighted by Crippen LogP contribution is -2.41. The molecule has 1 heterocycles. The zero-order valence-electron chi connectivity index (χ0n) is 8.44. The van der Waals surface area contributed by atoms with Gasteiger partial charge in [-0.1, -0.05) is 44.2 Å². The summed E-state index contributed by atoms with van der Waals surface area (Å²) in [6, 6.07) is 9.92. The number of esters is 1. The van der Waals surface area contributed by atoms with Crippen molar-refractivity contribution in [1.29, 1.82) is 0 Å². The second-order valence-electron chi connectivity index (χ2n) is 4.04. The molecule has 2 heteroatoms. The molecule has 0 N–H and O–H groups in total. The van der Waals surface area contributed by atoms with Crippen molar-refractivity contribution in [3.05, 3.63) is 35.9 Å². The molecule has 1 unspecified atom stereocenters. The summed E-state index contributed by atoms with van der Waals surface area (Å²) in [7, 11) is 0. The topological polar surface area (TPSA) is 26.3 Å². The Morgan fingerprint density at radius 2 is 1.86 bits per heavy atom. The van der Waals surface area contributed by atoms with Crippen LogP contribution in [0.15, 0.2) is 30.3 Å². The number of hydrogen-bond donors (Lipinski definition) is 0. The summed E-state index contributed by atoms with van der Waals surface area (Å²) >= 11 is 0. The van der Waals surface area contributed by atoms with Crippen LogP contribution in [0.2, 0.25) is 0 Å². The zero-order chi connectivity index (χ0) is 10.1. The summed E-state index contributed by atoms with van der Waals surface area (Å²) in [6.45, 7) is 4.11. The van der Waals surface area contributed by atoms with E-state index in [-0.39, 0.29) is 18.0 Å². The molecule has 0 aromatic heterocycles. The molecule has 0 spiro atoms. The van der Waals surface area contributed by atoms with Crippen molar-refractivity contribution in [2.75, 3.05) is 0 Å². The minimum atomic E-state index is -0.0612. The minimum absolute atomic E-state index is 0.0244. The lowest BCUT2D eigenvalue weighted by Gasteiger charge is -2.37. The second-order valence-corrected chi connectivity index (χ2v) is 4.04. The van der Waals surface area contributed by atoms with Crippen molar-refractivity contribution in [1.82, 2.24) is 0 Å². The van der Waals surface area contributed by atoms with Crippen LogP contribution in [0.4, 0.5) is 0 Å². The molecule has 1 fully saturated rings. The quantitative estimate of drug-likeness (QED) is 0.670. The molecule has 0 saturated carbocycles. The van der Waals surface area contributed by atoms with Crippen LogP contribution in [-0.2, 0) is 9.53 Å². The third kappa shape index (κ3) is 1.41. The second kappa shape index (κ2) is 3.45. The number of carbonyl (C=O) groups is 1. The molecule has 2 atom stereocenters. The van der Waals surface area contributed by atoms with E-state index in [1.54, 1.807) is 0 Å². The van der Waals surface area contributed by atoms with Gasteiger partial charge >= 0.3 is 5.97 Å². The van der Waals surface area contributed by atoms with Crippen molar-refractivity contribution in [3.8, 4) is 0 Å². The van der Waals surface area contributed by atoms with Crippen LogP contribution in [0.25, 0.3) is 0 Å². The smallest absolute Gasteiger partial charge is 0.313 e. The van der Waals surface area contributed by atoms with Crippen molar-refractivity contribution >= 4 is 5.97 Å². The summed E-state index contributed by atoms with van der Waals surface area (Å²) in [4.78, 5) is 11.2. The maximum Gasteiger partial charge on any atom is 0.313 e. The fraction of sp³-hybridized carbons (Fsp3) is 0.417. The summed E-state index contributed by atoms with van der Waals surface area (Å²) in [6.07, 6.45) is -0.0244. The van der Waals surface area contributed by atoms with Gasteiger partial charge in [0.05, 0.1) is 0 Å². The molecule has 74 valence electrons. The van der Waals surface area contributed by atoms with Crippen molar-refractivity contribution in [3.63, 3.8) is 0 Å². The highest BCUT2D eigenvalue weighted by Gasteiger charge is 2.44. The monoisotopic (exact) mass is 190 g/mol. The largest absolute Gasteiger partial charge is 0.456 e. The average molecular weight is 190 g/mol. The Labute approximate surface area is 83.9 Å². The predicted molar refractivity (Wildman–Crippen MR) is 53.6 cm³/mol. The van der Waals surface area contributed by atoms with E-state index >= 15 is 0 Å². The highest BCUT2D eigenvalue weighted by molar-refractivity contribution is 5.79. The van der Waals surface area contributed by atoms with Crippen LogP contribution >= 0.6 is 0 Å². The van der Waals surface area contributed by atoms with Crippen LogP contribution < -0.4 is 0 Å². The van der Waals surface area contributed by atoms with E-state index < -0.39 is 0 Å². The number of benzene rings is 1. The molecule has 0 radical (unpaired) electrons. The van der Waals surface area contributed by atoms with Gasteiger partial charge in [-0.3, -0.25) is 4.79 Å². The van der Waals surface area contributed by atoms with Gasteiger partial charge in [0.2, 0.25) is 0 Å². The molecule has 2 rings (SSSR count). The molecule has 14 heavy (non-hydrogen) atoms. The maximum absolute atomic E-state index is 11.2. The standard InChI is InChI=1S/C12H14O2/c1-8(2)10-11(14-12(10)13)9-6-4-3-5-7-9/h3-8,10-11H,1-2H3/t10?,11-/m0/s1. The van der Waals surface area contributed by atoms with Gasteiger partial charge in [0.25, 0.3) is 0 Å². The molecular formula is C12H14O2. The number of cyclic esters (lactones) is 1. The molecular weight excluding hydrogens is 176 g/mol. The Hall–Kier alpha value is -1.31. The first-order chi connectivity index (χ1) is 6.70. The first-order valence-electron chi connectivity index (χ1n) is 4.95. The number of ether oxygens (including phenoxy) is 1. The van der Waals surface area contributed by atoms with Crippen LogP contribution in [0.1, 0.15) is 25.5 Å². The fourth-order valence-corrected chi connectivity index (χ4v) is 1.87. The Morgan fingerprint density at radius 1 is 1.21 bits per heavy atom. The van der Waals surface area contributed by atoms with E-state index in [4.69, 9.17) is 4.74 Å². The lowest BCUT2D eigenvalue weighted by atomic mass is 9.82. The van der Waals surface area contributed by atoms with Crippen LogP contribution in [0.5, 0.6) is 0 Å². The lowest BCUT2D eigenvalue weighted by molar-refractivity contribution is -0.190. The summed E-state index contributed by atoms with van der Waals surface area (Å²) in [5.74, 6) is 0.327. The molecule has 2 nitrogen and oxygen atoms in total. The van der Waals surface area contributed by atoms with Crippen LogP contribution in [-0.4, -0.2) is 5.97 Å². The highest BCUT2D eigenvalue weighted by Crippen LogP contribution is 2.40. The molecule has 1 aliphatic rings. The first kappa shape index (κ1) is 9.25. The Balaban J connectivity index is 2.18. The maximum atomic E-state index is 11.2. The molecule has 1 saturated heterocycles. The molecule has 1 aromatic rings. The summed E-state index contributed by atoms with van der Waals surface area (Å²) in [5, 5.41) is 0. The van der Waals surface area contributed by atoms with Crippen molar-refractivity contribution in [2.24, 2.45) is 11.8 Å². The molecule has 1 aromatic carbocycles. The van der Waals surface area contributed by atoms with E-state index in [0.717, 1.165) is 5.56 Å². The van der Waals surface area contributed by atoms with Gasteiger partial charge in [0, 0.05) is 0 Å². The van der Waals surface area contributed by atoms with Gasteiger partial charge in [-0.05, 0) is 11.5 Å². The first-order valence-corrected chi connectivity index (χ1v) is 4.95. The van der Waals surface area contributed by atoms with E-state index in [0.29, 0.717) is 5.92 Å². The van der Waals surface area contributed by atoms with Gasteiger partial charge < -0.3 is 4.74 Å². The predicted octanol–water partition coefficient (Wildman–Crippen LogP) is 2.56. The van der Waals surface area contributed by atoms with Crippen LogP contribution in [0, 0.1) is 11.8 Å². The Kier molecular flexibility index (Phi) is 2.28. The SMILES string of the molecule is CC(C)C1C(=O)O[C@H]1c1ccccc1. The third-order valence-electron chi connectivity index (χ3n) is 2.69. The fourth-order valence-electron chi connectivity index (χ4n) is 1.87. The highest BCUT2D eigenvalue weighted by atomic mass is 16.6. The Bertz CT molecular complexity index is 329. The van der Waals surface area contributed by atoms with Gasteiger partial charge in [0.1, 0.15) is 12.0 Å². The molecule has 0 aliphatic carbocycles. The van der Waals surface area contributed by atoms with Gasteiger partial charge in [0.15, 0.2) is 0 Å². The van der Waals surface area contributed by atoms with Gasteiger partial charge in [-0.15, -0.1) is 0 Å². The molecule has 0 bridgehead atoms. The third-order valence-corrected chi connectivity index (χ3v) is 2.69. The summed E-state index contributed by atoms with van der Waals surface area (Å²) < 4.78 is 5.16. The van der Waals surface area contributed by atoms with Gasteiger partial charge in [-0.2, -0.15) is 0 Å². The van der Waals surface area contributed by atoms with E-state index in [1.165, 1.54) is 0 Å². The van der Waals surface area contributed by atoms with E-state index in [9.17, 15) is 4.79 Å². The minimum Gasteiger partial charge on any atom is -0.456 e. The van der Waals surface area contributed by atoms with Crippen LogP contribution in [0.3, 0.4) is 0 Å². The molecule has 1 aliphatic heterocycles. The van der Waals surface area contributed by atoms with Crippen molar-refractivity contribution in [2.45, 2.75) is 20.0 Å². The average Bonchev–Trinajstić information content (AvgIpc) is 2.14. The number of hydrogen-bond acceptors (Lipinski definition) is 2. The van der Waals surface area contributed by atoms with Crippen molar-refractivity contribution < 1.29 is 9.53 Å².